The zero-order valence-electron chi connectivity index (χ0n) is 14.5. The minimum absolute atomic E-state index is 0.0113. The van der Waals surface area contributed by atoms with E-state index < -0.39 is 21.7 Å². The lowest BCUT2D eigenvalue weighted by molar-refractivity contribution is 0.102. The van der Waals surface area contributed by atoms with Gasteiger partial charge in [0.2, 0.25) is 10.0 Å². The molecule has 1 amide bonds. The highest BCUT2D eigenvalue weighted by molar-refractivity contribution is 7.89. The van der Waals surface area contributed by atoms with Gasteiger partial charge in [0.15, 0.2) is 0 Å². The maximum Gasteiger partial charge on any atom is 0.259 e. The van der Waals surface area contributed by atoms with E-state index in [-0.39, 0.29) is 32.7 Å². The van der Waals surface area contributed by atoms with Crippen LogP contribution in [-0.2, 0) is 10.0 Å². The van der Waals surface area contributed by atoms with Crippen molar-refractivity contribution < 1.29 is 22.3 Å². The number of hydrogen-bond acceptors (Lipinski definition) is 4. The Morgan fingerprint density at radius 2 is 1.76 bits per heavy atom. The van der Waals surface area contributed by atoms with Crippen molar-refractivity contribution in [3.05, 3.63) is 82.1 Å². The highest BCUT2D eigenvalue weighted by Gasteiger charge is 2.17. The number of nitrogens with two attached hydrogens (primary N) is 1. The van der Waals surface area contributed by atoms with Crippen LogP contribution in [-0.4, -0.2) is 14.3 Å². The Morgan fingerprint density at radius 1 is 1.00 bits per heavy atom. The number of halogens is 3. The molecule has 150 valence electrons. The molecule has 0 saturated heterocycles. The molecule has 0 aliphatic carbocycles. The Bertz CT molecular complexity index is 1200. The van der Waals surface area contributed by atoms with Gasteiger partial charge in [0.05, 0.1) is 15.5 Å². The summed E-state index contributed by atoms with van der Waals surface area (Å²) < 4.78 is 41.9. The zero-order valence-corrected chi connectivity index (χ0v) is 16.9. The monoisotopic (exact) mass is 454 g/mol. The van der Waals surface area contributed by atoms with Gasteiger partial charge in [-0.3, -0.25) is 4.79 Å². The predicted octanol–water partition coefficient (Wildman–Crippen LogP) is 4.82. The average Bonchev–Trinajstić information content (AvgIpc) is 2.63. The Labute approximate surface area is 176 Å². The van der Waals surface area contributed by atoms with Crippen LogP contribution in [0.3, 0.4) is 0 Å². The summed E-state index contributed by atoms with van der Waals surface area (Å²) in [4.78, 5) is 12.6. The fourth-order valence-corrected chi connectivity index (χ4v) is 3.32. The molecule has 0 radical (unpaired) electrons. The van der Waals surface area contributed by atoms with Crippen LogP contribution in [0.4, 0.5) is 10.1 Å². The summed E-state index contributed by atoms with van der Waals surface area (Å²) in [7, 11) is -3.93. The van der Waals surface area contributed by atoms with E-state index >= 15 is 0 Å². The van der Waals surface area contributed by atoms with Gasteiger partial charge in [-0.1, -0.05) is 29.3 Å². The standard InChI is InChI=1S/C19H13Cl2FN2O4S/c20-11-4-6-15(18(8-11)28-17-7-5-12(22)9-16(17)21)19(25)24-13-2-1-3-14(10-13)29(23,26)27/h1-10H,(H,24,25)(H2,23,26,27). The van der Waals surface area contributed by atoms with E-state index in [2.05, 4.69) is 5.32 Å². The van der Waals surface area contributed by atoms with Crippen molar-refractivity contribution in [2.45, 2.75) is 4.90 Å². The fourth-order valence-electron chi connectivity index (χ4n) is 2.39. The smallest absolute Gasteiger partial charge is 0.259 e. The molecule has 0 unspecified atom stereocenters. The number of nitrogens with one attached hydrogen (secondary N) is 1. The van der Waals surface area contributed by atoms with Crippen LogP contribution in [0, 0.1) is 5.82 Å². The third-order valence-corrected chi connectivity index (χ3v) is 5.16. The summed E-state index contributed by atoms with van der Waals surface area (Å²) in [6.07, 6.45) is 0. The molecule has 10 heteroatoms. The van der Waals surface area contributed by atoms with Crippen LogP contribution in [0.2, 0.25) is 10.0 Å². The lowest BCUT2D eigenvalue weighted by Crippen LogP contribution is -2.15. The van der Waals surface area contributed by atoms with Gasteiger partial charge in [-0.25, -0.2) is 17.9 Å². The van der Waals surface area contributed by atoms with Gasteiger partial charge in [0.1, 0.15) is 17.3 Å². The first kappa shape index (κ1) is 21.1. The van der Waals surface area contributed by atoms with Gasteiger partial charge in [-0.15, -0.1) is 0 Å². The second-order valence-corrected chi connectivity index (χ2v) is 8.25. The van der Waals surface area contributed by atoms with Crippen LogP contribution in [0.15, 0.2) is 65.6 Å². The molecule has 3 aromatic carbocycles. The molecule has 6 nitrogen and oxygen atoms in total. The van der Waals surface area contributed by atoms with Gasteiger partial charge in [-0.2, -0.15) is 0 Å². The van der Waals surface area contributed by atoms with Crippen LogP contribution in [0.25, 0.3) is 0 Å². The maximum atomic E-state index is 13.2. The zero-order chi connectivity index (χ0) is 21.2. The van der Waals surface area contributed by atoms with Gasteiger partial charge in [-0.05, 0) is 48.5 Å². The van der Waals surface area contributed by atoms with Gasteiger partial charge < -0.3 is 10.1 Å². The van der Waals surface area contributed by atoms with E-state index in [9.17, 15) is 17.6 Å². The van der Waals surface area contributed by atoms with Crippen molar-refractivity contribution in [1.82, 2.24) is 0 Å². The Balaban J connectivity index is 1.92. The molecule has 29 heavy (non-hydrogen) atoms. The molecule has 3 rings (SSSR count). The molecule has 0 spiro atoms. The largest absolute Gasteiger partial charge is 0.455 e. The topological polar surface area (TPSA) is 98.5 Å². The molecule has 0 atom stereocenters. The van der Waals surface area contributed by atoms with Crippen molar-refractivity contribution >= 4 is 44.8 Å². The number of ether oxygens (including phenoxy) is 1. The third-order valence-electron chi connectivity index (χ3n) is 3.72. The normalized spacial score (nSPS) is 11.2. The summed E-state index contributed by atoms with van der Waals surface area (Å²) in [5.41, 5.74) is 0.304. The van der Waals surface area contributed by atoms with Crippen molar-refractivity contribution in [2.24, 2.45) is 5.14 Å². The first-order valence-corrected chi connectivity index (χ1v) is 10.3. The summed E-state index contributed by atoms with van der Waals surface area (Å²) in [6.45, 7) is 0. The van der Waals surface area contributed by atoms with E-state index in [0.29, 0.717) is 5.02 Å². The van der Waals surface area contributed by atoms with E-state index in [4.69, 9.17) is 33.1 Å². The van der Waals surface area contributed by atoms with Crippen molar-refractivity contribution in [1.29, 1.82) is 0 Å². The van der Waals surface area contributed by atoms with E-state index in [0.717, 1.165) is 12.1 Å². The van der Waals surface area contributed by atoms with Gasteiger partial charge in [0, 0.05) is 16.8 Å². The number of sulfonamides is 1. The van der Waals surface area contributed by atoms with Gasteiger partial charge >= 0.3 is 0 Å². The first-order valence-electron chi connectivity index (χ1n) is 8.00. The SMILES string of the molecule is NS(=O)(=O)c1cccc(NC(=O)c2ccc(Cl)cc2Oc2ccc(F)cc2Cl)c1. The molecule has 0 aromatic heterocycles. The molecular weight excluding hydrogens is 442 g/mol. The predicted molar refractivity (Wildman–Crippen MR) is 109 cm³/mol. The number of carbonyl (C=O) groups excluding carboxylic acids is 1. The van der Waals surface area contributed by atoms with E-state index in [1.165, 1.54) is 48.5 Å². The first-order chi connectivity index (χ1) is 13.6. The van der Waals surface area contributed by atoms with Crippen LogP contribution >= 0.6 is 23.2 Å². The Morgan fingerprint density at radius 3 is 2.45 bits per heavy atom. The number of anilines is 1. The molecule has 0 bridgehead atoms. The van der Waals surface area contributed by atoms with Crippen LogP contribution < -0.4 is 15.2 Å². The number of carbonyl (C=O) groups is 1. The second kappa shape index (κ2) is 8.38. The summed E-state index contributed by atoms with van der Waals surface area (Å²) in [5.74, 6) is -0.936. The van der Waals surface area contributed by atoms with Gasteiger partial charge in [0.25, 0.3) is 5.91 Å². The molecule has 0 heterocycles. The minimum atomic E-state index is -3.93. The lowest BCUT2D eigenvalue weighted by Gasteiger charge is -2.13. The molecule has 3 N–H and O–H groups in total. The quantitative estimate of drug-likeness (QED) is 0.576. The summed E-state index contributed by atoms with van der Waals surface area (Å²) >= 11 is 12.0. The number of benzene rings is 3. The Kier molecular flexibility index (Phi) is 6.09. The lowest BCUT2D eigenvalue weighted by atomic mass is 10.1. The molecule has 0 saturated carbocycles. The molecular formula is C19H13Cl2FN2O4S. The number of primary sulfonamides is 1. The molecule has 3 aromatic rings. The van der Waals surface area contributed by atoms with Crippen LogP contribution in [0.5, 0.6) is 11.5 Å². The van der Waals surface area contributed by atoms with E-state index in [1.807, 2.05) is 0 Å². The number of amides is 1. The van der Waals surface area contributed by atoms with Crippen LogP contribution in [0.1, 0.15) is 10.4 Å². The number of rotatable bonds is 5. The average molecular weight is 455 g/mol. The fraction of sp³-hybridized carbons (Fsp3) is 0. The highest BCUT2D eigenvalue weighted by atomic mass is 35.5. The molecule has 0 fully saturated rings. The molecule has 0 aliphatic heterocycles. The third kappa shape index (κ3) is 5.24. The summed E-state index contributed by atoms with van der Waals surface area (Å²) in [6, 6.07) is 13.3. The maximum absolute atomic E-state index is 13.2. The molecule has 0 aliphatic rings. The van der Waals surface area contributed by atoms with Crippen molar-refractivity contribution in [3.63, 3.8) is 0 Å². The van der Waals surface area contributed by atoms with Crippen molar-refractivity contribution in [2.75, 3.05) is 5.32 Å². The minimum Gasteiger partial charge on any atom is -0.455 e. The Hall–Kier alpha value is -2.65. The second-order valence-electron chi connectivity index (χ2n) is 5.84. The number of hydrogen-bond donors (Lipinski definition) is 2. The highest BCUT2D eigenvalue weighted by Crippen LogP contribution is 2.33. The van der Waals surface area contributed by atoms with Crippen molar-refractivity contribution in [3.8, 4) is 11.5 Å². The van der Waals surface area contributed by atoms with E-state index in [1.54, 1.807) is 0 Å². The summed E-state index contributed by atoms with van der Waals surface area (Å²) in [5, 5.41) is 7.98.